The smallest absolute Gasteiger partial charge is 0.285 e. The molecule has 0 bridgehead atoms. The van der Waals surface area contributed by atoms with Gasteiger partial charge in [0, 0.05) is 11.4 Å². The monoisotopic (exact) mass is 466 g/mol. The summed E-state index contributed by atoms with van der Waals surface area (Å²) < 4.78 is 1.57. The lowest BCUT2D eigenvalue weighted by Gasteiger charge is -2.11. The Morgan fingerprint density at radius 2 is 1.86 bits per heavy atom. The second-order valence-corrected chi connectivity index (χ2v) is 8.26. The standard InChI is InChI=1S/C19H13Cl3N4O2S/c1-29-19-15-17(26(25-19)16-12(21)7-10(20)8-13(16)22)23-14(24-18(15)28)6-9-3-2-4-11(27)5-9/h2-5,7-8,25,27H,6H2,1H3. The summed E-state index contributed by atoms with van der Waals surface area (Å²) in [6, 6.07) is 9.84. The SMILES string of the molecule is CSc1[nH]n(-c2c(Cl)cc(Cl)cc2Cl)c2nc(Cc3cccc(O)c3)nc(=O)c1-2. The number of phenols is 1. The van der Waals surface area contributed by atoms with Crippen LogP contribution in [0.5, 0.6) is 5.75 Å². The van der Waals surface area contributed by atoms with Gasteiger partial charge < -0.3 is 5.11 Å². The molecule has 2 aromatic carbocycles. The highest BCUT2D eigenvalue weighted by atomic mass is 35.5. The summed E-state index contributed by atoms with van der Waals surface area (Å²) in [4.78, 5) is 21.5. The van der Waals surface area contributed by atoms with Gasteiger partial charge in [-0.1, -0.05) is 46.9 Å². The molecule has 148 valence electrons. The van der Waals surface area contributed by atoms with Gasteiger partial charge in [0.15, 0.2) is 5.82 Å². The van der Waals surface area contributed by atoms with Crippen molar-refractivity contribution in [1.82, 2.24) is 19.7 Å². The molecule has 0 saturated carbocycles. The maximum atomic E-state index is 12.8. The van der Waals surface area contributed by atoms with E-state index in [0.29, 0.717) is 43.0 Å². The topological polar surface area (TPSA) is 83.8 Å². The van der Waals surface area contributed by atoms with Gasteiger partial charge in [-0.3, -0.25) is 9.89 Å². The number of benzene rings is 2. The number of aromatic amines is 1. The fourth-order valence-electron chi connectivity index (χ4n) is 3.03. The van der Waals surface area contributed by atoms with Gasteiger partial charge in [-0.15, -0.1) is 11.8 Å². The summed E-state index contributed by atoms with van der Waals surface area (Å²) in [5.74, 6) is 0.803. The van der Waals surface area contributed by atoms with Gasteiger partial charge in [-0.2, -0.15) is 4.98 Å². The number of halogens is 3. The Labute approximate surface area is 184 Å². The molecular weight excluding hydrogens is 455 g/mol. The Balaban J connectivity index is 1.92. The first-order valence-corrected chi connectivity index (χ1v) is 10.7. The molecule has 0 aliphatic carbocycles. The highest BCUT2D eigenvalue weighted by Gasteiger charge is 2.25. The molecule has 2 N–H and O–H groups in total. The normalized spacial score (nSPS) is 11.3. The minimum atomic E-state index is -0.411. The first kappa shape index (κ1) is 20.1. The fourth-order valence-corrected chi connectivity index (χ4v) is 4.58. The molecule has 0 unspecified atom stereocenters. The Morgan fingerprint density at radius 3 is 2.52 bits per heavy atom. The van der Waals surface area contributed by atoms with Crippen LogP contribution in [0.3, 0.4) is 0 Å². The number of nitrogens with zero attached hydrogens (tertiary/aromatic N) is 3. The zero-order valence-electron chi connectivity index (χ0n) is 14.9. The fraction of sp³-hybridized carbons (Fsp3) is 0.105. The zero-order chi connectivity index (χ0) is 20.7. The number of rotatable bonds is 4. The summed E-state index contributed by atoms with van der Waals surface area (Å²) >= 11 is 20.1. The molecule has 0 atom stereocenters. The van der Waals surface area contributed by atoms with E-state index in [9.17, 15) is 9.90 Å². The van der Waals surface area contributed by atoms with Crippen molar-refractivity contribution in [3.63, 3.8) is 0 Å². The summed E-state index contributed by atoms with van der Waals surface area (Å²) in [6.07, 6.45) is 2.11. The van der Waals surface area contributed by atoms with Crippen molar-refractivity contribution < 1.29 is 5.11 Å². The number of phenolic OH excluding ortho intramolecular Hbond substituents is 1. The van der Waals surface area contributed by atoms with Gasteiger partial charge in [0.25, 0.3) is 5.56 Å². The molecule has 0 radical (unpaired) electrons. The largest absolute Gasteiger partial charge is 0.508 e. The number of hydrogen-bond donors (Lipinski definition) is 2. The summed E-state index contributed by atoms with van der Waals surface area (Å²) in [6.45, 7) is 0. The highest BCUT2D eigenvalue weighted by molar-refractivity contribution is 7.98. The minimum absolute atomic E-state index is 0.132. The van der Waals surface area contributed by atoms with Crippen LogP contribution < -0.4 is 5.56 Å². The number of fused-ring (bicyclic) bond motifs is 1. The molecule has 29 heavy (non-hydrogen) atoms. The van der Waals surface area contributed by atoms with Crippen molar-refractivity contribution in [2.24, 2.45) is 0 Å². The molecule has 4 rings (SSSR count). The van der Waals surface area contributed by atoms with E-state index < -0.39 is 5.56 Å². The molecule has 2 aliphatic heterocycles. The van der Waals surface area contributed by atoms with Gasteiger partial charge in [0.2, 0.25) is 0 Å². The third kappa shape index (κ3) is 3.83. The molecule has 2 aliphatic rings. The van der Waals surface area contributed by atoms with E-state index in [-0.39, 0.29) is 12.2 Å². The first-order valence-electron chi connectivity index (χ1n) is 8.36. The number of hydrogen-bond acceptors (Lipinski definition) is 5. The molecule has 0 spiro atoms. The van der Waals surface area contributed by atoms with Crippen molar-refractivity contribution in [3.05, 3.63) is 73.2 Å². The molecule has 2 heterocycles. The van der Waals surface area contributed by atoms with E-state index in [1.807, 2.05) is 12.3 Å². The summed E-state index contributed by atoms with van der Waals surface area (Å²) in [5.41, 5.74) is 1.15. The van der Waals surface area contributed by atoms with Crippen molar-refractivity contribution in [2.45, 2.75) is 11.4 Å². The van der Waals surface area contributed by atoms with Gasteiger partial charge in [0.1, 0.15) is 27.9 Å². The van der Waals surface area contributed by atoms with Gasteiger partial charge >= 0.3 is 0 Å². The number of aromatic hydroxyl groups is 1. The third-order valence-electron chi connectivity index (χ3n) is 4.24. The van der Waals surface area contributed by atoms with Gasteiger partial charge in [-0.25, -0.2) is 9.67 Å². The quantitative estimate of drug-likeness (QED) is 0.411. The molecule has 2 aromatic rings. The van der Waals surface area contributed by atoms with Crippen LogP contribution in [-0.4, -0.2) is 31.1 Å². The van der Waals surface area contributed by atoms with E-state index >= 15 is 0 Å². The average Bonchev–Trinajstić information content (AvgIpc) is 3.00. The molecule has 10 heteroatoms. The van der Waals surface area contributed by atoms with Gasteiger partial charge in [-0.05, 0) is 36.1 Å². The Hall–Kier alpha value is -2.19. The molecule has 0 amide bonds. The summed E-state index contributed by atoms with van der Waals surface area (Å²) in [7, 11) is 0. The number of nitrogens with one attached hydrogen (secondary N) is 1. The lowest BCUT2D eigenvalue weighted by atomic mass is 10.1. The van der Waals surface area contributed by atoms with E-state index in [2.05, 4.69) is 15.1 Å². The molecule has 0 saturated heterocycles. The Morgan fingerprint density at radius 1 is 1.14 bits per heavy atom. The van der Waals surface area contributed by atoms with Crippen LogP contribution in [0.4, 0.5) is 0 Å². The van der Waals surface area contributed by atoms with Crippen molar-refractivity contribution in [1.29, 1.82) is 0 Å². The maximum Gasteiger partial charge on any atom is 0.285 e. The van der Waals surface area contributed by atoms with E-state index in [1.165, 1.54) is 11.8 Å². The molecular formula is C19H13Cl3N4O2S. The maximum absolute atomic E-state index is 12.8. The van der Waals surface area contributed by atoms with Crippen LogP contribution in [0, 0.1) is 0 Å². The number of aromatic nitrogens is 4. The predicted molar refractivity (Wildman–Crippen MR) is 116 cm³/mol. The van der Waals surface area contributed by atoms with Crippen LogP contribution >= 0.6 is 46.6 Å². The number of thioether (sulfide) groups is 1. The van der Waals surface area contributed by atoms with E-state index in [1.54, 1.807) is 35.0 Å². The van der Waals surface area contributed by atoms with Crippen LogP contribution in [0.15, 0.2) is 46.2 Å². The first-order chi connectivity index (χ1) is 13.9. The Kier molecular flexibility index (Phi) is 5.48. The third-order valence-corrected chi connectivity index (χ3v) is 5.74. The van der Waals surface area contributed by atoms with E-state index in [4.69, 9.17) is 34.8 Å². The Bertz CT molecular complexity index is 1230. The predicted octanol–water partition coefficient (Wildman–Crippen LogP) is 5.04. The lowest BCUT2D eigenvalue weighted by molar-refractivity contribution is 0.474. The van der Waals surface area contributed by atoms with Crippen molar-refractivity contribution >= 4 is 46.6 Å². The summed E-state index contributed by atoms with van der Waals surface area (Å²) in [5, 5.41) is 14.4. The second kappa shape index (κ2) is 7.91. The number of H-pyrrole nitrogens is 1. The molecule has 0 fully saturated rings. The van der Waals surface area contributed by atoms with Gasteiger partial charge in [0.05, 0.1) is 10.0 Å². The van der Waals surface area contributed by atoms with Crippen LogP contribution in [0.25, 0.3) is 17.1 Å². The second-order valence-electron chi connectivity index (χ2n) is 6.19. The average molecular weight is 468 g/mol. The van der Waals surface area contributed by atoms with E-state index in [0.717, 1.165) is 5.56 Å². The molecule has 6 nitrogen and oxygen atoms in total. The van der Waals surface area contributed by atoms with Crippen LogP contribution in [-0.2, 0) is 6.42 Å². The van der Waals surface area contributed by atoms with Crippen molar-refractivity contribution in [3.8, 4) is 22.8 Å². The van der Waals surface area contributed by atoms with Crippen LogP contribution in [0.2, 0.25) is 15.1 Å². The molecule has 0 aromatic heterocycles. The zero-order valence-corrected chi connectivity index (χ0v) is 18.0. The minimum Gasteiger partial charge on any atom is -0.508 e. The van der Waals surface area contributed by atoms with Crippen molar-refractivity contribution in [2.75, 3.05) is 6.26 Å². The lowest BCUT2D eigenvalue weighted by Crippen LogP contribution is -2.17. The van der Waals surface area contributed by atoms with Crippen LogP contribution in [0.1, 0.15) is 11.4 Å². The highest BCUT2D eigenvalue weighted by Crippen LogP contribution is 2.37.